The summed E-state index contributed by atoms with van der Waals surface area (Å²) in [6.45, 7) is 7.18. The quantitative estimate of drug-likeness (QED) is 0.737. The van der Waals surface area contributed by atoms with Crippen molar-refractivity contribution < 1.29 is 17.9 Å². The molecule has 1 aliphatic rings. The normalized spacial score (nSPS) is 16.7. The number of nitrogens with zero attached hydrogens (tertiary/aromatic N) is 1. The van der Waals surface area contributed by atoms with Crippen LogP contribution in [-0.4, -0.2) is 44.4 Å². The smallest absolute Gasteiger partial charge is 0.410 e. The molecule has 0 unspecified atom stereocenters. The number of likely N-dealkylation sites (tertiary alicyclic amines) is 1. The molecule has 0 atom stereocenters. The maximum absolute atomic E-state index is 12.1. The number of piperidine rings is 1. The number of hydrogen-bond acceptors (Lipinski definition) is 4. The minimum Gasteiger partial charge on any atom is -0.444 e. The average Bonchev–Trinajstić information content (AvgIpc) is 2.57. The van der Waals surface area contributed by atoms with Crippen molar-refractivity contribution in [2.75, 3.05) is 19.3 Å². The molecule has 1 heterocycles. The van der Waals surface area contributed by atoms with E-state index in [1.54, 1.807) is 17.0 Å². The lowest BCUT2D eigenvalue weighted by Gasteiger charge is -2.33. The van der Waals surface area contributed by atoms with Gasteiger partial charge in [-0.15, -0.1) is 0 Å². The van der Waals surface area contributed by atoms with Crippen LogP contribution in [-0.2, 0) is 14.6 Å². The third-order valence-electron chi connectivity index (χ3n) is 4.63. The molecule has 0 aliphatic carbocycles. The number of amides is 1. The standard InChI is InChI=1S/C21H31NO4S/c1-21(2,3)26-20(23)22-15-13-18(14-16-22)8-6-5-7-17-9-11-19(12-10-17)27(4,24)25/h5,7,9-12,18H,6,8,13-16H2,1-4H3. The summed E-state index contributed by atoms with van der Waals surface area (Å²) in [5.41, 5.74) is 0.556. The lowest BCUT2D eigenvalue weighted by molar-refractivity contribution is 0.0181. The summed E-state index contributed by atoms with van der Waals surface area (Å²) in [5, 5.41) is 0. The van der Waals surface area contributed by atoms with E-state index < -0.39 is 15.4 Å². The highest BCUT2D eigenvalue weighted by atomic mass is 32.2. The first kappa shape index (κ1) is 21.5. The van der Waals surface area contributed by atoms with Crippen molar-refractivity contribution in [1.82, 2.24) is 4.90 Å². The zero-order valence-electron chi connectivity index (χ0n) is 16.8. The summed E-state index contributed by atoms with van der Waals surface area (Å²) < 4.78 is 28.4. The van der Waals surface area contributed by atoms with Crippen molar-refractivity contribution in [1.29, 1.82) is 0 Å². The summed E-state index contributed by atoms with van der Waals surface area (Å²) in [6.07, 6.45) is 9.26. The minimum atomic E-state index is -3.14. The zero-order chi connectivity index (χ0) is 20.1. The molecule has 0 aromatic heterocycles. The van der Waals surface area contributed by atoms with Gasteiger partial charge in [0, 0.05) is 19.3 Å². The number of allylic oxidation sites excluding steroid dienone is 1. The van der Waals surface area contributed by atoms with E-state index in [9.17, 15) is 13.2 Å². The van der Waals surface area contributed by atoms with Crippen molar-refractivity contribution >= 4 is 22.0 Å². The predicted molar refractivity (Wildman–Crippen MR) is 108 cm³/mol. The molecule has 1 amide bonds. The highest BCUT2D eigenvalue weighted by molar-refractivity contribution is 7.90. The van der Waals surface area contributed by atoms with Crippen LogP contribution in [0.2, 0.25) is 0 Å². The van der Waals surface area contributed by atoms with Crippen molar-refractivity contribution in [3.63, 3.8) is 0 Å². The highest BCUT2D eigenvalue weighted by Gasteiger charge is 2.26. The summed E-state index contributed by atoms with van der Waals surface area (Å²) in [4.78, 5) is 14.2. The molecule has 1 aliphatic heterocycles. The fraction of sp³-hybridized carbons (Fsp3) is 0.571. The monoisotopic (exact) mass is 393 g/mol. The van der Waals surface area contributed by atoms with E-state index in [0.717, 1.165) is 44.3 Å². The van der Waals surface area contributed by atoms with Crippen molar-refractivity contribution in [3.8, 4) is 0 Å². The van der Waals surface area contributed by atoms with Gasteiger partial charge in [0.15, 0.2) is 9.84 Å². The molecule has 2 rings (SSSR count). The van der Waals surface area contributed by atoms with Gasteiger partial charge in [0.05, 0.1) is 4.90 Å². The molecule has 6 heteroatoms. The molecule has 1 aromatic carbocycles. The molecule has 0 saturated carbocycles. The van der Waals surface area contributed by atoms with Crippen LogP contribution >= 0.6 is 0 Å². The van der Waals surface area contributed by atoms with Crippen LogP contribution in [0.25, 0.3) is 6.08 Å². The summed E-state index contributed by atoms with van der Waals surface area (Å²) in [7, 11) is -3.14. The van der Waals surface area contributed by atoms with Crippen molar-refractivity contribution in [2.45, 2.75) is 57.0 Å². The van der Waals surface area contributed by atoms with Crippen LogP contribution in [0.4, 0.5) is 4.79 Å². The Labute approximate surface area is 163 Å². The van der Waals surface area contributed by atoms with Gasteiger partial charge < -0.3 is 9.64 Å². The number of hydrogen-bond donors (Lipinski definition) is 0. The fourth-order valence-corrected chi connectivity index (χ4v) is 3.74. The van der Waals surface area contributed by atoms with E-state index in [2.05, 4.69) is 6.08 Å². The topological polar surface area (TPSA) is 63.7 Å². The number of sulfone groups is 1. The van der Waals surface area contributed by atoms with E-state index in [4.69, 9.17) is 4.74 Å². The van der Waals surface area contributed by atoms with E-state index >= 15 is 0 Å². The van der Waals surface area contributed by atoms with Gasteiger partial charge in [-0.3, -0.25) is 0 Å². The summed E-state index contributed by atoms with van der Waals surface area (Å²) in [5.74, 6) is 0.626. The first-order valence-corrected chi connectivity index (χ1v) is 11.4. The second-order valence-electron chi connectivity index (χ2n) is 8.23. The molecule has 150 valence electrons. The van der Waals surface area contributed by atoms with Crippen LogP contribution in [0.3, 0.4) is 0 Å². The van der Waals surface area contributed by atoms with Gasteiger partial charge in [-0.25, -0.2) is 13.2 Å². The van der Waals surface area contributed by atoms with E-state index in [-0.39, 0.29) is 6.09 Å². The number of ether oxygens (including phenoxy) is 1. The number of carbonyl (C=O) groups is 1. The molecule has 5 nitrogen and oxygen atoms in total. The Morgan fingerprint density at radius 2 is 1.78 bits per heavy atom. The second-order valence-corrected chi connectivity index (χ2v) is 10.2. The van der Waals surface area contributed by atoms with Crippen LogP contribution in [0, 0.1) is 5.92 Å². The first-order chi connectivity index (χ1) is 12.5. The molecule has 0 bridgehead atoms. The highest BCUT2D eigenvalue weighted by Crippen LogP contribution is 2.24. The van der Waals surface area contributed by atoms with Gasteiger partial charge in [0.2, 0.25) is 0 Å². The number of rotatable bonds is 5. The molecular formula is C21H31NO4S. The Balaban J connectivity index is 1.72. The lowest BCUT2D eigenvalue weighted by atomic mass is 9.92. The van der Waals surface area contributed by atoms with Gasteiger partial charge in [0.1, 0.15) is 5.60 Å². The van der Waals surface area contributed by atoms with Crippen LogP contribution in [0.1, 0.15) is 52.0 Å². The molecule has 0 spiro atoms. The van der Waals surface area contributed by atoms with Crippen molar-refractivity contribution in [2.24, 2.45) is 5.92 Å². The SMILES string of the molecule is CC(C)(C)OC(=O)N1CCC(CCC=Cc2ccc(S(C)(=O)=O)cc2)CC1. The summed E-state index contributed by atoms with van der Waals surface area (Å²) >= 11 is 0. The van der Waals surface area contributed by atoms with E-state index in [1.807, 2.05) is 39.0 Å². The maximum atomic E-state index is 12.1. The molecular weight excluding hydrogens is 362 g/mol. The molecule has 1 saturated heterocycles. The largest absolute Gasteiger partial charge is 0.444 e. The number of carbonyl (C=O) groups excluding carboxylic acids is 1. The Morgan fingerprint density at radius 1 is 1.19 bits per heavy atom. The van der Waals surface area contributed by atoms with Gasteiger partial charge in [0.25, 0.3) is 0 Å². The Kier molecular flexibility index (Phi) is 7.09. The van der Waals surface area contributed by atoms with Gasteiger partial charge in [-0.2, -0.15) is 0 Å². The van der Waals surface area contributed by atoms with Gasteiger partial charge in [-0.05, 0) is 70.1 Å². The van der Waals surface area contributed by atoms with Crippen molar-refractivity contribution in [3.05, 3.63) is 35.9 Å². The molecule has 0 radical (unpaired) electrons. The fourth-order valence-electron chi connectivity index (χ4n) is 3.11. The predicted octanol–water partition coefficient (Wildman–Crippen LogP) is 4.53. The third kappa shape index (κ3) is 7.37. The molecule has 1 fully saturated rings. The first-order valence-electron chi connectivity index (χ1n) is 9.49. The van der Waals surface area contributed by atoms with Gasteiger partial charge >= 0.3 is 6.09 Å². The van der Waals surface area contributed by atoms with E-state index in [1.165, 1.54) is 6.26 Å². The Bertz CT molecular complexity index is 752. The maximum Gasteiger partial charge on any atom is 0.410 e. The molecule has 1 aromatic rings. The molecule has 27 heavy (non-hydrogen) atoms. The van der Waals surface area contributed by atoms with Crippen LogP contribution in [0.15, 0.2) is 35.2 Å². The van der Waals surface area contributed by atoms with E-state index in [0.29, 0.717) is 10.8 Å². The third-order valence-corrected chi connectivity index (χ3v) is 5.75. The second kappa shape index (κ2) is 8.91. The van der Waals surface area contributed by atoms with Crippen LogP contribution in [0.5, 0.6) is 0 Å². The summed E-state index contributed by atoms with van der Waals surface area (Å²) in [6, 6.07) is 6.93. The Morgan fingerprint density at radius 3 is 2.30 bits per heavy atom. The minimum absolute atomic E-state index is 0.210. The molecule has 0 N–H and O–H groups in total. The average molecular weight is 394 g/mol. The van der Waals surface area contributed by atoms with Crippen LogP contribution < -0.4 is 0 Å². The number of benzene rings is 1. The zero-order valence-corrected chi connectivity index (χ0v) is 17.6. The Hall–Kier alpha value is -1.82. The van der Waals surface area contributed by atoms with Gasteiger partial charge in [-0.1, -0.05) is 24.3 Å². The lowest BCUT2D eigenvalue weighted by Crippen LogP contribution is -2.41.